The predicted octanol–water partition coefficient (Wildman–Crippen LogP) is 5.33. The summed E-state index contributed by atoms with van der Waals surface area (Å²) in [5, 5.41) is 6.28. The molecule has 0 unspecified atom stereocenters. The van der Waals surface area contributed by atoms with E-state index in [2.05, 4.69) is 10.6 Å². The lowest BCUT2D eigenvalue weighted by Crippen LogP contribution is -2.21. The first-order valence-electron chi connectivity index (χ1n) is 10.1. The number of aryl methyl sites for hydroxylation is 2. The molecule has 0 spiro atoms. The molecule has 0 atom stereocenters. The van der Waals surface area contributed by atoms with E-state index >= 15 is 0 Å². The van der Waals surface area contributed by atoms with E-state index < -0.39 is 0 Å². The lowest BCUT2D eigenvalue weighted by Gasteiger charge is -2.15. The first-order valence-corrected chi connectivity index (χ1v) is 10.1. The van der Waals surface area contributed by atoms with Crippen LogP contribution in [-0.2, 0) is 11.3 Å². The van der Waals surface area contributed by atoms with Gasteiger partial charge in [-0.2, -0.15) is 0 Å². The highest BCUT2D eigenvalue weighted by atomic mass is 16.5. The van der Waals surface area contributed by atoms with Crippen LogP contribution < -0.4 is 20.1 Å². The molecule has 1 amide bonds. The van der Waals surface area contributed by atoms with Gasteiger partial charge in [0.1, 0.15) is 0 Å². The van der Waals surface area contributed by atoms with E-state index in [1.54, 1.807) is 0 Å². The summed E-state index contributed by atoms with van der Waals surface area (Å²) >= 11 is 0. The number of para-hydroxylation sites is 1. The maximum atomic E-state index is 12.4. The molecule has 3 aromatic rings. The Morgan fingerprint density at radius 3 is 2.47 bits per heavy atom. The van der Waals surface area contributed by atoms with Gasteiger partial charge in [-0.05, 0) is 67.8 Å². The quantitative estimate of drug-likeness (QED) is 0.506. The van der Waals surface area contributed by atoms with E-state index in [4.69, 9.17) is 9.47 Å². The molecule has 2 N–H and O–H groups in total. The summed E-state index contributed by atoms with van der Waals surface area (Å²) in [7, 11) is 0. The largest absolute Gasteiger partial charge is 0.490 e. The molecule has 0 aromatic heterocycles. The van der Waals surface area contributed by atoms with Crippen molar-refractivity contribution >= 4 is 17.3 Å². The monoisotopic (exact) mass is 404 g/mol. The van der Waals surface area contributed by atoms with Crippen LogP contribution in [-0.4, -0.2) is 19.1 Å². The zero-order valence-corrected chi connectivity index (χ0v) is 17.7. The Kier molecular flexibility index (Phi) is 7.33. The van der Waals surface area contributed by atoms with Gasteiger partial charge in [-0.1, -0.05) is 36.4 Å². The van der Waals surface area contributed by atoms with Crippen LogP contribution in [0.2, 0.25) is 0 Å². The van der Waals surface area contributed by atoms with Gasteiger partial charge >= 0.3 is 0 Å². The van der Waals surface area contributed by atoms with Crippen LogP contribution in [0.1, 0.15) is 23.6 Å². The number of benzene rings is 3. The van der Waals surface area contributed by atoms with Gasteiger partial charge in [0, 0.05) is 17.9 Å². The summed E-state index contributed by atoms with van der Waals surface area (Å²) in [6.45, 7) is 6.97. The van der Waals surface area contributed by atoms with Crippen molar-refractivity contribution in [2.45, 2.75) is 27.3 Å². The topological polar surface area (TPSA) is 59.6 Å². The Morgan fingerprint density at radius 2 is 1.70 bits per heavy atom. The highest BCUT2D eigenvalue weighted by molar-refractivity contribution is 5.92. The van der Waals surface area contributed by atoms with Crippen molar-refractivity contribution in [2.75, 3.05) is 23.8 Å². The number of hydrogen-bond donors (Lipinski definition) is 2. The zero-order chi connectivity index (χ0) is 21.3. The summed E-state index contributed by atoms with van der Waals surface area (Å²) in [4.78, 5) is 12.4. The molecule has 0 aliphatic carbocycles. The standard InChI is InChI=1S/C25H28N2O3/c1-4-29-24-15-20(16-26-21-8-6-5-7-9-21)12-13-23(24)30-17-25(28)27-22-14-18(2)10-11-19(22)3/h5-15,26H,4,16-17H2,1-3H3,(H,27,28). The molecule has 5 nitrogen and oxygen atoms in total. The average molecular weight is 405 g/mol. The van der Waals surface area contributed by atoms with E-state index in [1.807, 2.05) is 87.5 Å². The lowest BCUT2D eigenvalue weighted by molar-refractivity contribution is -0.118. The molecule has 3 rings (SSSR count). The van der Waals surface area contributed by atoms with Gasteiger partial charge in [-0.3, -0.25) is 4.79 Å². The van der Waals surface area contributed by atoms with E-state index in [0.717, 1.165) is 28.1 Å². The minimum atomic E-state index is -0.207. The smallest absolute Gasteiger partial charge is 0.262 e. The van der Waals surface area contributed by atoms with Crippen LogP contribution in [0.15, 0.2) is 66.7 Å². The molecule has 5 heteroatoms. The first kappa shape index (κ1) is 21.2. The SMILES string of the molecule is CCOc1cc(CNc2ccccc2)ccc1OCC(=O)Nc1cc(C)ccc1C. The first-order chi connectivity index (χ1) is 14.5. The van der Waals surface area contributed by atoms with Crippen LogP contribution in [0.5, 0.6) is 11.5 Å². The number of carbonyl (C=O) groups is 1. The molecule has 0 radical (unpaired) electrons. The van der Waals surface area contributed by atoms with Crippen molar-refractivity contribution in [2.24, 2.45) is 0 Å². The minimum absolute atomic E-state index is 0.0882. The number of nitrogens with one attached hydrogen (secondary N) is 2. The second kappa shape index (κ2) is 10.3. The molecule has 0 aliphatic heterocycles. The van der Waals surface area contributed by atoms with E-state index in [0.29, 0.717) is 24.7 Å². The van der Waals surface area contributed by atoms with Crippen molar-refractivity contribution in [1.29, 1.82) is 0 Å². The van der Waals surface area contributed by atoms with Crippen LogP contribution in [0.3, 0.4) is 0 Å². The molecule has 30 heavy (non-hydrogen) atoms. The fourth-order valence-electron chi connectivity index (χ4n) is 3.01. The van der Waals surface area contributed by atoms with E-state index in [1.165, 1.54) is 0 Å². The second-order valence-electron chi connectivity index (χ2n) is 7.09. The number of anilines is 2. The Bertz CT molecular complexity index is 987. The van der Waals surface area contributed by atoms with Crippen LogP contribution >= 0.6 is 0 Å². The molecule has 0 aliphatic rings. The Hall–Kier alpha value is -3.47. The Labute approximate surface area is 178 Å². The van der Waals surface area contributed by atoms with E-state index in [9.17, 15) is 4.79 Å². The maximum Gasteiger partial charge on any atom is 0.262 e. The molecule has 0 bridgehead atoms. The van der Waals surface area contributed by atoms with Gasteiger partial charge in [0.15, 0.2) is 18.1 Å². The number of amides is 1. The normalized spacial score (nSPS) is 10.4. The molecule has 156 valence electrons. The molecule has 0 saturated carbocycles. The Morgan fingerprint density at radius 1 is 0.900 bits per heavy atom. The second-order valence-corrected chi connectivity index (χ2v) is 7.09. The molecule has 3 aromatic carbocycles. The Balaban J connectivity index is 1.61. The van der Waals surface area contributed by atoms with Gasteiger partial charge in [-0.15, -0.1) is 0 Å². The van der Waals surface area contributed by atoms with Crippen molar-refractivity contribution < 1.29 is 14.3 Å². The molecular formula is C25H28N2O3. The summed E-state index contributed by atoms with van der Waals surface area (Å²) in [6, 6.07) is 21.7. The molecule has 0 heterocycles. The number of rotatable bonds is 9. The predicted molar refractivity (Wildman–Crippen MR) is 121 cm³/mol. The van der Waals surface area contributed by atoms with Crippen molar-refractivity contribution in [3.63, 3.8) is 0 Å². The molecular weight excluding hydrogens is 376 g/mol. The third-order valence-electron chi connectivity index (χ3n) is 4.60. The lowest BCUT2D eigenvalue weighted by atomic mass is 10.1. The maximum absolute atomic E-state index is 12.4. The number of carbonyl (C=O) groups excluding carboxylic acids is 1. The van der Waals surface area contributed by atoms with Gasteiger partial charge in [0.25, 0.3) is 5.91 Å². The third kappa shape index (κ3) is 6.01. The summed E-state index contributed by atoms with van der Waals surface area (Å²) in [5.41, 5.74) is 5.03. The summed E-state index contributed by atoms with van der Waals surface area (Å²) in [5.74, 6) is 0.974. The fraction of sp³-hybridized carbons (Fsp3) is 0.240. The van der Waals surface area contributed by atoms with Crippen LogP contribution in [0.4, 0.5) is 11.4 Å². The highest BCUT2D eigenvalue weighted by Crippen LogP contribution is 2.29. The molecule has 0 saturated heterocycles. The number of hydrogen-bond acceptors (Lipinski definition) is 4. The third-order valence-corrected chi connectivity index (χ3v) is 4.60. The zero-order valence-electron chi connectivity index (χ0n) is 17.7. The van der Waals surface area contributed by atoms with Gasteiger partial charge in [0.05, 0.1) is 6.61 Å². The van der Waals surface area contributed by atoms with Gasteiger partial charge in [-0.25, -0.2) is 0 Å². The molecule has 0 fully saturated rings. The van der Waals surface area contributed by atoms with Crippen molar-refractivity contribution in [3.8, 4) is 11.5 Å². The van der Waals surface area contributed by atoms with Gasteiger partial charge < -0.3 is 20.1 Å². The minimum Gasteiger partial charge on any atom is -0.490 e. The summed E-state index contributed by atoms with van der Waals surface area (Å²) < 4.78 is 11.5. The highest BCUT2D eigenvalue weighted by Gasteiger charge is 2.11. The van der Waals surface area contributed by atoms with Crippen molar-refractivity contribution in [1.82, 2.24) is 0 Å². The van der Waals surface area contributed by atoms with Crippen LogP contribution in [0, 0.1) is 13.8 Å². The van der Waals surface area contributed by atoms with E-state index in [-0.39, 0.29) is 12.5 Å². The van der Waals surface area contributed by atoms with Gasteiger partial charge in [0.2, 0.25) is 0 Å². The van der Waals surface area contributed by atoms with Crippen molar-refractivity contribution in [3.05, 3.63) is 83.4 Å². The fourth-order valence-corrected chi connectivity index (χ4v) is 3.01. The number of ether oxygens (including phenoxy) is 2. The average Bonchev–Trinajstić information content (AvgIpc) is 2.75. The summed E-state index contributed by atoms with van der Waals surface area (Å²) in [6.07, 6.45) is 0. The van der Waals surface area contributed by atoms with Crippen LogP contribution in [0.25, 0.3) is 0 Å².